The average molecular weight is 410 g/mol. The van der Waals surface area contributed by atoms with Crippen LogP contribution in [-0.4, -0.2) is 42.9 Å². The normalized spacial score (nSPS) is 25.0. The number of aliphatic hydroxyl groups excluding tert-OH is 1. The summed E-state index contributed by atoms with van der Waals surface area (Å²) >= 11 is 0. The van der Waals surface area contributed by atoms with Gasteiger partial charge in [-0.05, 0) is 60.8 Å². The lowest BCUT2D eigenvalue weighted by molar-refractivity contribution is 0.181. The van der Waals surface area contributed by atoms with E-state index in [9.17, 15) is 5.11 Å². The fourth-order valence-electron chi connectivity index (χ4n) is 5.33. The van der Waals surface area contributed by atoms with Gasteiger partial charge in [0, 0.05) is 32.2 Å². The van der Waals surface area contributed by atoms with Crippen molar-refractivity contribution >= 4 is 0 Å². The maximum atomic E-state index is 9.80. The molecule has 1 saturated carbocycles. The largest absolute Gasteiger partial charge is 0.493 e. The third kappa shape index (κ3) is 4.65. The van der Waals surface area contributed by atoms with Gasteiger partial charge in [0.15, 0.2) is 11.5 Å². The Hall–Kier alpha value is -2.04. The van der Waals surface area contributed by atoms with E-state index in [1.54, 1.807) is 7.11 Å². The molecule has 1 heterocycles. The molecule has 1 aliphatic carbocycles. The van der Waals surface area contributed by atoms with E-state index in [1.807, 2.05) is 0 Å². The number of aliphatic hydroxyl groups is 1. The lowest BCUT2D eigenvalue weighted by Gasteiger charge is -2.31. The summed E-state index contributed by atoms with van der Waals surface area (Å²) in [6.07, 6.45) is 5.86. The molecule has 0 bridgehead atoms. The molecule has 1 aliphatic heterocycles. The lowest BCUT2D eigenvalue weighted by Crippen LogP contribution is -2.27. The number of nitrogens with zero attached hydrogens (tertiary/aromatic N) is 1. The molecule has 2 aromatic carbocycles. The summed E-state index contributed by atoms with van der Waals surface area (Å²) in [5.41, 5.74) is 2.66. The van der Waals surface area contributed by atoms with Crippen LogP contribution in [0.2, 0.25) is 0 Å². The summed E-state index contributed by atoms with van der Waals surface area (Å²) in [6.45, 7) is 5.45. The van der Waals surface area contributed by atoms with E-state index in [0.29, 0.717) is 12.0 Å². The zero-order chi connectivity index (χ0) is 21.0. The van der Waals surface area contributed by atoms with Crippen molar-refractivity contribution in [3.8, 4) is 11.5 Å². The highest BCUT2D eigenvalue weighted by Gasteiger charge is 2.43. The SMILES string of the molecule is COc1ccc(C2CN(Cc3ccccc3)CC2(C)CCO)cc1OC1CCCC1. The Balaban J connectivity index is 1.58. The van der Waals surface area contributed by atoms with E-state index in [2.05, 4.69) is 60.4 Å². The van der Waals surface area contributed by atoms with Crippen molar-refractivity contribution in [2.24, 2.45) is 5.41 Å². The van der Waals surface area contributed by atoms with E-state index in [1.165, 1.54) is 24.0 Å². The second-order valence-corrected chi connectivity index (χ2v) is 9.27. The number of methoxy groups -OCH3 is 1. The summed E-state index contributed by atoms with van der Waals surface area (Å²) in [4.78, 5) is 2.53. The second kappa shape index (κ2) is 9.40. The molecule has 2 aliphatic rings. The van der Waals surface area contributed by atoms with Crippen LogP contribution >= 0.6 is 0 Å². The fourth-order valence-corrected chi connectivity index (χ4v) is 5.33. The smallest absolute Gasteiger partial charge is 0.161 e. The first-order valence-corrected chi connectivity index (χ1v) is 11.3. The minimum Gasteiger partial charge on any atom is -0.493 e. The molecular weight excluding hydrogens is 374 g/mol. The average Bonchev–Trinajstić information content (AvgIpc) is 3.36. The van der Waals surface area contributed by atoms with Crippen molar-refractivity contribution in [1.82, 2.24) is 4.90 Å². The molecule has 4 nitrogen and oxygen atoms in total. The molecular formula is C26H35NO3. The number of hydrogen-bond donors (Lipinski definition) is 1. The van der Waals surface area contributed by atoms with Gasteiger partial charge < -0.3 is 14.6 Å². The van der Waals surface area contributed by atoms with Gasteiger partial charge >= 0.3 is 0 Å². The van der Waals surface area contributed by atoms with Crippen LogP contribution in [0.1, 0.15) is 56.1 Å². The zero-order valence-corrected chi connectivity index (χ0v) is 18.3. The molecule has 0 aromatic heterocycles. The second-order valence-electron chi connectivity index (χ2n) is 9.27. The molecule has 2 fully saturated rings. The first-order valence-electron chi connectivity index (χ1n) is 11.3. The van der Waals surface area contributed by atoms with E-state index in [0.717, 1.165) is 50.4 Å². The van der Waals surface area contributed by atoms with Crippen LogP contribution in [0.25, 0.3) is 0 Å². The monoisotopic (exact) mass is 409 g/mol. The van der Waals surface area contributed by atoms with Gasteiger partial charge in [0.25, 0.3) is 0 Å². The number of likely N-dealkylation sites (tertiary alicyclic amines) is 1. The molecule has 2 aromatic rings. The molecule has 4 heteroatoms. The Morgan fingerprint density at radius 2 is 1.83 bits per heavy atom. The summed E-state index contributed by atoms with van der Waals surface area (Å²) in [5.74, 6) is 2.04. The number of ether oxygens (including phenoxy) is 2. The summed E-state index contributed by atoms with van der Waals surface area (Å²) < 4.78 is 12.0. The standard InChI is InChI=1S/C26H35NO3/c1-26(14-15-28)19-27(17-20-8-4-3-5-9-20)18-23(26)21-12-13-24(29-2)25(16-21)30-22-10-6-7-11-22/h3-5,8-9,12-13,16,22-23,28H,6-7,10-11,14-15,17-19H2,1-2H3. The van der Waals surface area contributed by atoms with Gasteiger partial charge in [-0.15, -0.1) is 0 Å². The number of benzene rings is 2. The molecule has 0 amide bonds. The predicted molar refractivity (Wildman–Crippen MR) is 120 cm³/mol. The van der Waals surface area contributed by atoms with Crippen LogP contribution in [0, 0.1) is 5.41 Å². The molecule has 1 N–H and O–H groups in total. The van der Waals surface area contributed by atoms with Crippen LogP contribution in [-0.2, 0) is 6.54 Å². The van der Waals surface area contributed by atoms with E-state index in [4.69, 9.17) is 9.47 Å². The Morgan fingerprint density at radius 1 is 1.07 bits per heavy atom. The van der Waals surface area contributed by atoms with Crippen LogP contribution in [0.3, 0.4) is 0 Å². The molecule has 0 spiro atoms. The van der Waals surface area contributed by atoms with E-state index < -0.39 is 0 Å². The minimum atomic E-state index is 0.0305. The van der Waals surface area contributed by atoms with E-state index >= 15 is 0 Å². The van der Waals surface area contributed by atoms with Gasteiger partial charge in [0.2, 0.25) is 0 Å². The molecule has 2 atom stereocenters. The first-order chi connectivity index (χ1) is 14.6. The molecule has 2 unspecified atom stereocenters. The fraction of sp³-hybridized carbons (Fsp3) is 0.538. The number of rotatable bonds is 8. The zero-order valence-electron chi connectivity index (χ0n) is 18.3. The first kappa shape index (κ1) is 21.2. The summed E-state index contributed by atoms with van der Waals surface area (Å²) in [6, 6.07) is 17.1. The van der Waals surface area contributed by atoms with Gasteiger partial charge in [0.1, 0.15) is 0 Å². The Kier molecular flexibility index (Phi) is 6.64. The Labute approximate surface area is 180 Å². The van der Waals surface area contributed by atoms with Crippen LogP contribution < -0.4 is 9.47 Å². The topological polar surface area (TPSA) is 41.9 Å². The molecule has 0 radical (unpaired) electrons. The van der Waals surface area contributed by atoms with E-state index in [-0.39, 0.29) is 12.0 Å². The summed E-state index contributed by atoms with van der Waals surface area (Å²) in [7, 11) is 1.71. The highest BCUT2D eigenvalue weighted by molar-refractivity contribution is 5.45. The maximum Gasteiger partial charge on any atom is 0.161 e. The van der Waals surface area contributed by atoms with Gasteiger partial charge in [-0.1, -0.05) is 43.3 Å². The predicted octanol–water partition coefficient (Wildman–Crippen LogP) is 5.00. The van der Waals surface area contributed by atoms with Crippen molar-refractivity contribution in [1.29, 1.82) is 0 Å². The quantitative estimate of drug-likeness (QED) is 0.666. The van der Waals surface area contributed by atoms with Crippen molar-refractivity contribution in [3.05, 3.63) is 59.7 Å². The van der Waals surface area contributed by atoms with Gasteiger partial charge in [-0.25, -0.2) is 0 Å². The van der Waals surface area contributed by atoms with Crippen LogP contribution in [0.5, 0.6) is 11.5 Å². The van der Waals surface area contributed by atoms with Gasteiger partial charge in [0.05, 0.1) is 13.2 Å². The number of hydrogen-bond acceptors (Lipinski definition) is 4. The van der Waals surface area contributed by atoms with Gasteiger partial charge in [-0.3, -0.25) is 4.90 Å². The van der Waals surface area contributed by atoms with Crippen LogP contribution in [0.4, 0.5) is 0 Å². The third-order valence-corrected chi connectivity index (χ3v) is 6.98. The highest BCUT2D eigenvalue weighted by Crippen LogP contribution is 2.47. The minimum absolute atomic E-state index is 0.0305. The van der Waals surface area contributed by atoms with Crippen molar-refractivity contribution in [3.63, 3.8) is 0 Å². The summed E-state index contributed by atoms with van der Waals surface area (Å²) in [5, 5.41) is 9.80. The Bertz CT molecular complexity index is 818. The van der Waals surface area contributed by atoms with Crippen molar-refractivity contribution < 1.29 is 14.6 Å². The highest BCUT2D eigenvalue weighted by atomic mass is 16.5. The molecule has 4 rings (SSSR count). The molecule has 30 heavy (non-hydrogen) atoms. The molecule has 1 saturated heterocycles. The third-order valence-electron chi connectivity index (χ3n) is 6.98. The lowest BCUT2D eigenvalue weighted by atomic mass is 9.74. The van der Waals surface area contributed by atoms with Crippen molar-refractivity contribution in [2.75, 3.05) is 26.8 Å². The van der Waals surface area contributed by atoms with Crippen LogP contribution in [0.15, 0.2) is 48.5 Å². The molecule has 162 valence electrons. The Morgan fingerprint density at radius 3 is 2.53 bits per heavy atom. The maximum absolute atomic E-state index is 9.80. The van der Waals surface area contributed by atoms with Gasteiger partial charge in [-0.2, -0.15) is 0 Å². The van der Waals surface area contributed by atoms with Crippen molar-refractivity contribution in [2.45, 2.75) is 57.6 Å².